The molecule has 25 heavy (non-hydrogen) atoms. The lowest BCUT2D eigenvalue weighted by Crippen LogP contribution is -2.54. The van der Waals surface area contributed by atoms with Crippen molar-refractivity contribution in [3.63, 3.8) is 0 Å². The summed E-state index contributed by atoms with van der Waals surface area (Å²) in [6, 6.07) is 8.01. The van der Waals surface area contributed by atoms with E-state index < -0.39 is 18.4 Å². The van der Waals surface area contributed by atoms with E-state index in [0.717, 1.165) is 4.90 Å². The molecule has 6 nitrogen and oxygen atoms in total. The fourth-order valence-electron chi connectivity index (χ4n) is 2.71. The first-order valence-electron chi connectivity index (χ1n) is 7.50. The molecule has 0 amide bonds. The Labute approximate surface area is 142 Å². The number of para-hydroxylation sites is 1. The number of aromatic nitrogens is 1. The highest BCUT2D eigenvalue weighted by Gasteiger charge is 2.50. The van der Waals surface area contributed by atoms with Crippen LogP contribution < -0.4 is 9.64 Å². The summed E-state index contributed by atoms with van der Waals surface area (Å²) in [6.45, 7) is 1.33. The van der Waals surface area contributed by atoms with Crippen molar-refractivity contribution >= 4 is 5.69 Å². The molecule has 3 rings (SSSR count). The Hall–Kier alpha value is -2.76. The molecule has 0 spiro atoms. The van der Waals surface area contributed by atoms with Crippen molar-refractivity contribution in [1.29, 1.82) is 5.26 Å². The van der Waals surface area contributed by atoms with Gasteiger partial charge in [-0.3, -0.25) is 4.98 Å². The van der Waals surface area contributed by atoms with Crippen LogP contribution >= 0.6 is 0 Å². The van der Waals surface area contributed by atoms with E-state index in [0.29, 0.717) is 5.56 Å². The first kappa shape index (κ1) is 17.1. The number of fused-ring (bicyclic) bond motifs is 1. The largest absolute Gasteiger partial charge is 0.444 e. The molecule has 0 saturated carbocycles. The molecule has 0 saturated heterocycles. The maximum atomic E-state index is 14.2. The second-order valence-electron chi connectivity index (χ2n) is 5.73. The van der Waals surface area contributed by atoms with E-state index in [9.17, 15) is 19.0 Å². The molecule has 1 aliphatic heterocycles. The topological polar surface area (TPSA) is 89.6 Å². The van der Waals surface area contributed by atoms with Gasteiger partial charge in [0.25, 0.3) is 0 Å². The number of nitrogens with zero attached hydrogens (tertiary/aromatic N) is 3. The van der Waals surface area contributed by atoms with Crippen LogP contribution in [-0.2, 0) is 6.54 Å². The minimum atomic E-state index is -3.86. The van der Waals surface area contributed by atoms with E-state index in [2.05, 4.69) is 9.72 Å². The van der Waals surface area contributed by atoms with Crippen LogP contribution in [0.3, 0.4) is 0 Å². The number of aliphatic hydroxyl groups is 2. The summed E-state index contributed by atoms with van der Waals surface area (Å²) >= 11 is 0. The van der Waals surface area contributed by atoms with Gasteiger partial charge in [-0.2, -0.15) is 14.0 Å². The Morgan fingerprint density at radius 2 is 2.20 bits per heavy atom. The van der Waals surface area contributed by atoms with Crippen LogP contribution in [0.1, 0.15) is 29.7 Å². The van der Waals surface area contributed by atoms with Crippen LogP contribution in [0.25, 0.3) is 0 Å². The summed E-state index contributed by atoms with van der Waals surface area (Å²) in [7, 11) is 0. The number of anilines is 1. The molecule has 2 heterocycles. The van der Waals surface area contributed by atoms with Crippen molar-refractivity contribution in [1.82, 2.24) is 4.98 Å². The first-order chi connectivity index (χ1) is 11.8. The van der Waals surface area contributed by atoms with E-state index in [4.69, 9.17) is 5.26 Å². The van der Waals surface area contributed by atoms with Gasteiger partial charge in [0, 0.05) is 24.5 Å². The van der Waals surface area contributed by atoms with Gasteiger partial charge in [0.1, 0.15) is 6.07 Å². The Balaban J connectivity index is 2.07. The van der Waals surface area contributed by atoms with Crippen molar-refractivity contribution in [2.45, 2.75) is 31.9 Å². The zero-order chi connectivity index (χ0) is 18.2. The number of pyridine rings is 1. The van der Waals surface area contributed by atoms with Gasteiger partial charge in [-0.05, 0) is 24.6 Å². The number of aliphatic hydroxyl groups excluding tert-OH is 2. The molecule has 0 radical (unpaired) electrons. The zero-order valence-electron chi connectivity index (χ0n) is 13.2. The quantitative estimate of drug-likeness (QED) is 0.886. The molecular weight excluding hydrogens is 332 g/mol. The molecular formula is C17H15F2N3O3. The molecule has 2 atom stereocenters. The van der Waals surface area contributed by atoms with Crippen LogP contribution in [-0.4, -0.2) is 27.5 Å². The van der Waals surface area contributed by atoms with Gasteiger partial charge in [-0.25, -0.2) is 0 Å². The lowest BCUT2D eigenvalue weighted by Gasteiger charge is -2.40. The number of hydrogen-bond acceptors (Lipinski definition) is 6. The van der Waals surface area contributed by atoms with Crippen molar-refractivity contribution in [3.05, 3.63) is 53.3 Å². The lowest BCUT2D eigenvalue weighted by molar-refractivity contribution is -0.246. The Bertz CT molecular complexity index is 836. The minimum absolute atomic E-state index is 0.112. The number of hydrogen-bond donors (Lipinski definition) is 2. The molecule has 0 aliphatic carbocycles. The van der Waals surface area contributed by atoms with E-state index in [-0.39, 0.29) is 29.1 Å². The second-order valence-corrected chi connectivity index (χ2v) is 5.73. The molecule has 1 aromatic heterocycles. The van der Waals surface area contributed by atoms with E-state index in [1.165, 1.54) is 37.5 Å². The van der Waals surface area contributed by atoms with Crippen LogP contribution in [0, 0.1) is 11.3 Å². The zero-order valence-corrected chi connectivity index (χ0v) is 13.2. The SMILES string of the molecule is C[C@H](O)c1cccc2c1OC(F)(F)C(O)N2Cc1cncc(C#N)c1. The summed E-state index contributed by atoms with van der Waals surface area (Å²) < 4.78 is 33.0. The van der Waals surface area contributed by atoms with Crippen LogP contribution in [0.4, 0.5) is 14.5 Å². The average Bonchev–Trinajstić information content (AvgIpc) is 2.58. The van der Waals surface area contributed by atoms with Gasteiger partial charge in [-0.15, -0.1) is 0 Å². The average molecular weight is 347 g/mol. The predicted octanol–water partition coefficient (Wildman–Crippen LogP) is 2.32. The maximum absolute atomic E-state index is 14.2. The molecule has 0 fully saturated rings. The third kappa shape index (κ3) is 3.12. The van der Waals surface area contributed by atoms with Gasteiger partial charge in [0.2, 0.25) is 6.23 Å². The Morgan fingerprint density at radius 3 is 2.88 bits per heavy atom. The van der Waals surface area contributed by atoms with Crippen LogP contribution in [0.15, 0.2) is 36.7 Å². The highest BCUT2D eigenvalue weighted by molar-refractivity contribution is 5.64. The molecule has 8 heteroatoms. The molecule has 0 bridgehead atoms. The van der Waals surface area contributed by atoms with Gasteiger partial charge >= 0.3 is 6.11 Å². The summed E-state index contributed by atoms with van der Waals surface area (Å²) in [5.41, 5.74) is 1.17. The molecule has 1 aliphatic rings. The molecule has 2 N–H and O–H groups in total. The maximum Gasteiger partial charge on any atom is 0.444 e. The number of alkyl halides is 2. The predicted molar refractivity (Wildman–Crippen MR) is 83.8 cm³/mol. The number of benzene rings is 1. The summed E-state index contributed by atoms with van der Waals surface area (Å²) in [5, 5.41) is 28.8. The van der Waals surface area contributed by atoms with E-state index >= 15 is 0 Å². The number of rotatable bonds is 3. The van der Waals surface area contributed by atoms with Gasteiger partial charge in [0.15, 0.2) is 5.75 Å². The summed E-state index contributed by atoms with van der Waals surface area (Å²) in [6.07, 6.45) is -4.33. The van der Waals surface area contributed by atoms with Crippen molar-refractivity contribution in [3.8, 4) is 11.8 Å². The van der Waals surface area contributed by atoms with Crippen molar-refractivity contribution in [2.75, 3.05) is 4.90 Å². The molecule has 130 valence electrons. The summed E-state index contributed by atoms with van der Waals surface area (Å²) in [4.78, 5) is 4.95. The number of nitriles is 1. The molecule has 1 aromatic carbocycles. The van der Waals surface area contributed by atoms with Crippen molar-refractivity contribution in [2.24, 2.45) is 0 Å². The van der Waals surface area contributed by atoms with Crippen LogP contribution in [0.5, 0.6) is 5.75 Å². The molecule has 2 aromatic rings. The smallest absolute Gasteiger partial charge is 0.427 e. The number of halogens is 2. The molecule has 1 unspecified atom stereocenters. The van der Waals surface area contributed by atoms with E-state index in [1.54, 1.807) is 6.07 Å². The fourth-order valence-corrected chi connectivity index (χ4v) is 2.71. The standard InChI is InChI=1S/C17H15F2N3O3/c1-10(23)13-3-2-4-14-15(13)25-17(18,19)16(24)22(14)9-12-5-11(6-20)7-21-8-12/h2-5,7-8,10,16,23-24H,9H2,1H3/t10-,16?/m0/s1. The summed E-state index contributed by atoms with van der Waals surface area (Å²) in [5.74, 6) is -0.183. The van der Waals surface area contributed by atoms with Gasteiger partial charge < -0.3 is 19.8 Å². The Kier molecular flexibility index (Phi) is 4.29. The normalized spacial score (nSPS) is 19.5. The first-order valence-corrected chi connectivity index (χ1v) is 7.50. The third-order valence-corrected chi connectivity index (χ3v) is 3.90. The second kappa shape index (κ2) is 6.27. The number of ether oxygens (including phenoxy) is 1. The Morgan fingerprint density at radius 1 is 1.44 bits per heavy atom. The highest BCUT2D eigenvalue weighted by atomic mass is 19.3. The highest BCUT2D eigenvalue weighted by Crippen LogP contribution is 2.45. The lowest BCUT2D eigenvalue weighted by atomic mass is 10.1. The van der Waals surface area contributed by atoms with E-state index in [1.807, 2.05) is 6.07 Å². The van der Waals surface area contributed by atoms with Gasteiger partial charge in [0.05, 0.1) is 17.4 Å². The monoisotopic (exact) mass is 347 g/mol. The van der Waals surface area contributed by atoms with Crippen LogP contribution in [0.2, 0.25) is 0 Å². The third-order valence-electron chi connectivity index (χ3n) is 3.90. The van der Waals surface area contributed by atoms with Crippen molar-refractivity contribution < 1.29 is 23.7 Å². The minimum Gasteiger partial charge on any atom is -0.427 e. The fraction of sp³-hybridized carbons (Fsp3) is 0.294. The van der Waals surface area contributed by atoms with Gasteiger partial charge in [-0.1, -0.05) is 12.1 Å².